The Bertz CT molecular complexity index is 1520. The lowest BCUT2D eigenvalue weighted by Crippen LogP contribution is -2.38. The molecule has 4 aromatic rings. The largest absolute Gasteiger partial charge is 0.457 e. The molecule has 1 amide bonds. The van der Waals surface area contributed by atoms with Crippen LogP contribution in [0.4, 0.5) is 5.69 Å². The van der Waals surface area contributed by atoms with Gasteiger partial charge in [-0.15, -0.1) is 0 Å². The SMILES string of the molecule is CS(=O)(=O)N(CC(=O)N/N=C\c1ccc(-c2ccc(Cl)cc2Cl)o1)c1ccc(Oc2ccccc2)cc1. The zero-order chi connectivity index (χ0) is 26.4. The molecule has 0 fully saturated rings. The van der Waals surface area contributed by atoms with Crippen LogP contribution >= 0.6 is 23.2 Å². The first-order valence-electron chi connectivity index (χ1n) is 10.9. The number of ether oxygens (including phenoxy) is 1. The first kappa shape index (κ1) is 26.3. The van der Waals surface area contributed by atoms with Crippen LogP contribution in [-0.2, 0) is 14.8 Å². The fraction of sp³-hybridized carbons (Fsp3) is 0.0769. The van der Waals surface area contributed by atoms with Gasteiger partial charge in [0, 0.05) is 10.6 Å². The molecule has 1 heterocycles. The number of amides is 1. The predicted molar refractivity (Wildman–Crippen MR) is 145 cm³/mol. The number of halogens is 2. The molecule has 1 N–H and O–H groups in total. The van der Waals surface area contributed by atoms with Gasteiger partial charge in [-0.05, 0) is 66.7 Å². The highest BCUT2D eigenvalue weighted by atomic mass is 35.5. The van der Waals surface area contributed by atoms with Crippen molar-refractivity contribution in [1.82, 2.24) is 5.43 Å². The number of hydrogen-bond acceptors (Lipinski definition) is 6. The van der Waals surface area contributed by atoms with Gasteiger partial charge in [0.05, 0.1) is 23.2 Å². The molecule has 3 aromatic carbocycles. The van der Waals surface area contributed by atoms with Crippen LogP contribution in [0.5, 0.6) is 11.5 Å². The van der Waals surface area contributed by atoms with Gasteiger partial charge in [-0.25, -0.2) is 13.8 Å². The summed E-state index contributed by atoms with van der Waals surface area (Å²) in [6.45, 7) is -0.473. The Hall–Kier alpha value is -3.79. The van der Waals surface area contributed by atoms with Crippen LogP contribution in [0.1, 0.15) is 5.76 Å². The van der Waals surface area contributed by atoms with E-state index >= 15 is 0 Å². The summed E-state index contributed by atoms with van der Waals surface area (Å²) in [4.78, 5) is 12.5. The van der Waals surface area contributed by atoms with Gasteiger partial charge >= 0.3 is 0 Å². The number of furan rings is 1. The summed E-state index contributed by atoms with van der Waals surface area (Å²) in [5.74, 6) is 1.38. The summed E-state index contributed by atoms with van der Waals surface area (Å²) in [6.07, 6.45) is 2.32. The number of carbonyl (C=O) groups excluding carboxylic acids is 1. The highest BCUT2D eigenvalue weighted by Crippen LogP contribution is 2.31. The maximum Gasteiger partial charge on any atom is 0.260 e. The standard InChI is InChI=1S/C26H21Cl2N3O5S/c1-37(33,34)31(19-8-10-21(11-9-19)35-20-5-3-2-4-6-20)17-26(32)30-29-16-22-12-14-25(36-22)23-13-7-18(27)15-24(23)28/h2-16H,17H2,1H3,(H,30,32)/b29-16-. The third kappa shape index (κ3) is 7.13. The molecular weight excluding hydrogens is 537 g/mol. The molecule has 8 nitrogen and oxygen atoms in total. The van der Waals surface area contributed by atoms with Crippen LogP contribution in [0.2, 0.25) is 10.0 Å². The van der Waals surface area contributed by atoms with Gasteiger partial charge < -0.3 is 9.15 Å². The molecule has 0 spiro atoms. The number of hydrazone groups is 1. The Kier molecular flexibility index (Phi) is 8.17. The fourth-order valence-corrected chi connectivity index (χ4v) is 4.65. The number of nitrogens with zero attached hydrogens (tertiary/aromatic N) is 2. The van der Waals surface area contributed by atoms with E-state index in [1.165, 1.54) is 6.21 Å². The van der Waals surface area contributed by atoms with Crippen molar-refractivity contribution in [3.8, 4) is 22.8 Å². The molecule has 4 rings (SSSR count). The number of benzene rings is 3. The quantitative estimate of drug-likeness (QED) is 0.202. The summed E-state index contributed by atoms with van der Waals surface area (Å²) in [5.41, 5.74) is 3.27. The lowest BCUT2D eigenvalue weighted by Gasteiger charge is -2.21. The molecule has 0 unspecified atom stereocenters. The minimum absolute atomic E-state index is 0.303. The van der Waals surface area contributed by atoms with Crippen LogP contribution < -0.4 is 14.5 Å². The summed E-state index contributed by atoms with van der Waals surface area (Å²) in [6, 6.07) is 23.9. The first-order chi connectivity index (χ1) is 17.7. The van der Waals surface area contributed by atoms with Crippen molar-refractivity contribution in [3.05, 3.63) is 101 Å². The Balaban J connectivity index is 1.39. The van der Waals surface area contributed by atoms with E-state index in [0.717, 1.165) is 10.6 Å². The number of rotatable bonds is 9. The van der Waals surface area contributed by atoms with Gasteiger partial charge in [-0.1, -0.05) is 41.4 Å². The fourth-order valence-electron chi connectivity index (χ4n) is 3.30. The van der Waals surface area contributed by atoms with Gasteiger partial charge in [-0.3, -0.25) is 9.10 Å². The summed E-state index contributed by atoms with van der Waals surface area (Å²) in [5, 5.41) is 4.79. The van der Waals surface area contributed by atoms with Crippen LogP contribution in [0.3, 0.4) is 0 Å². The molecule has 0 aliphatic heterocycles. The summed E-state index contributed by atoms with van der Waals surface area (Å²) in [7, 11) is -3.76. The molecule has 0 bridgehead atoms. The molecular formula is C26H21Cl2N3O5S. The van der Waals surface area contributed by atoms with Crippen LogP contribution in [0.25, 0.3) is 11.3 Å². The van der Waals surface area contributed by atoms with Gasteiger partial charge in [0.25, 0.3) is 5.91 Å². The molecule has 0 atom stereocenters. The van der Waals surface area contributed by atoms with Gasteiger partial charge in [0.2, 0.25) is 10.0 Å². The lowest BCUT2D eigenvalue weighted by atomic mass is 10.2. The number of carbonyl (C=O) groups is 1. The third-order valence-electron chi connectivity index (χ3n) is 5.00. The van der Waals surface area contributed by atoms with E-state index in [1.807, 2.05) is 18.2 Å². The van der Waals surface area contributed by atoms with Crippen LogP contribution in [0.15, 0.2) is 94.4 Å². The maximum atomic E-state index is 12.5. The smallest absolute Gasteiger partial charge is 0.260 e. The lowest BCUT2D eigenvalue weighted by molar-refractivity contribution is -0.119. The number of sulfonamides is 1. The molecule has 190 valence electrons. The Labute approximate surface area is 224 Å². The highest BCUT2D eigenvalue weighted by Gasteiger charge is 2.21. The highest BCUT2D eigenvalue weighted by molar-refractivity contribution is 7.92. The Morgan fingerprint density at radius 2 is 1.70 bits per heavy atom. The predicted octanol–water partition coefficient (Wildman–Crippen LogP) is 5.96. The number of para-hydroxylation sites is 1. The molecule has 0 saturated carbocycles. The second-order valence-corrected chi connectivity index (χ2v) is 10.5. The van der Waals surface area contributed by atoms with Crippen LogP contribution in [0, 0.1) is 0 Å². The van der Waals surface area contributed by atoms with Crippen molar-refractivity contribution in [2.24, 2.45) is 5.10 Å². The molecule has 0 radical (unpaired) electrons. The van der Waals surface area contributed by atoms with Crippen molar-refractivity contribution in [1.29, 1.82) is 0 Å². The van der Waals surface area contributed by atoms with E-state index in [0.29, 0.717) is 44.3 Å². The van der Waals surface area contributed by atoms with E-state index in [1.54, 1.807) is 66.7 Å². The second kappa shape index (κ2) is 11.5. The third-order valence-corrected chi connectivity index (χ3v) is 6.68. The number of hydrogen-bond donors (Lipinski definition) is 1. The average Bonchev–Trinajstić information content (AvgIpc) is 3.32. The van der Waals surface area contributed by atoms with Crippen molar-refractivity contribution in [2.45, 2.75) is 0 Å². The first-order valence-corrected chi connectivity index (χ1v) is 13.5. The van der Waals surface area contributed by atoms with E-state index in [2.05, 4.69) is 10.5 Å². The summed E-state index contributed by atoms with van der Waals surface area (Å²) < 4.78 is 37.1. The maximum absolute atomic E-state index is 12.5. The number of nitrogens with one attached hydrogen (secondary N) is 1. The van der Waals surface area contributed by atoms with Crippen molar-refractivity contribution >= 4 is 51.0 Å². The minimum atomic E-state index is -3.76. The molecule has 0 aliphatic carbocycles. The number of anilines is 1. The molecule has 0 aliphatic rings. The van der Waals surface area contributed by atoms with Gasteiger partial charge in [0.1, 0.15) is 29.6 Å². The van der Waals surface area contributed by atoms with Crippen LogP contribution in [-0.4, -0.2) is 33.3 Å². The van der Waals surface area contributed by atoms with Gasteiger partial charge in [0.15, 0.2) is 0 Å². The van der Waals surface area contributed by atoms with Gasteiger partial charge in [-0.2, -0.15) is 5.10 Å². The van der Waals surface area contributed by atoms with Crippen molar-refractivity contribution < 1.29 is 22.4 Å². The topological polar surface area (TPSA) is 101 Å². The zero-order valence-corrected chi connectivity index (χ0v) is 21.8. The van der Waals surface area contributed by atoms with Crippen molar-refractivity contribution in [2.75, 3.05) is 17.1 Å². The molecule has 37 heavy (non-hydrogen) atoms. The summed E-state index contributed by atoms with van der Waals surface area (Å²) >= 11 is 12.1. The van der Waals surface area contributed by atoms with E-state index in [-0.39, 0.29) is 0 Å². The van der Waals surface area contributed by atoms with E-state index in [4.69, 9.17) is 32.4 Å². The molecule has 1 aromatic heterocycles. The average molecular weight is 558 g/mol. The van der Waals surface area contributed by atoms with Crippen molar-refractivity contribution in [3.63, 3.8) is 0 Å². The minimum Gasteiger partial charge on any atom is -0.457 e. The molecule has 0 saturated heterocycles. The van der Waals surface area contributed by atoms with E-state index < -0.39 is 22.5 Å². The Morgan fingerprint density at radius 1 is 1.00 bits per heavy atom. The molecule has 11 heteroatoms. The van der Waals surface area contributed by atoms with E-state index in [9.17, 15) is 13.2 Å². The Morgan fingerprint density at radius 3 is 2.38 bits per heavy atom. The monoisotopic (exact) mass is 557 g/mol. The second-order valence-electron chi connectivity index (χ2n) is 7.80. The zero-order valence-electron chi connectivity index (χ0n) is 19.5. The normalized spacial score (nSPS) is 11.4.